The highest BCUT2D eigenvalue weighted by Gasteiger charge is 2.34. The minimum absolute atomic E-state index is 0.0578. The van der Waals surface area contributed by atoms with Gasteiger partial charge in [0.1, 0.15) is 5.70 Å². The number of hydrogen-bond donors (Lipinski definition) is 4. The smallest absolute Gasteiger partial charge is 0.397 e. The molecule has 1 atom stereocenters. The fraction of sp³-hybridized carbons (Fsp3) is 0.385. The van der Waals surface area contributed by atoms with Crippen LogP contribution in [0.25, 0.3) is 0 Å². The van der Waals surface area contributed by atoms with E-state index >= 15 is 0 Å². The first-order valence-electron chi connectivity index (χ1n) is 6.39. The third kappa shape index (κ3) is 5.23. The Hall–Kier alpha value is -2.10. The molecule has 1 unspecified atom stereocenters. The van der Waals surface area contributed by atoms with Crippen LogP contribution in [-0.4, -0.2) is 19.5 Å². The van der Waals surface area contributed by atoms with E-state index in [1.54, 1.807) is 0 Å². The molecule has 0 aliphatic rings. The Kier molecular flexibility index (Phi) is 5.75. The van der Waals surface area contributed by atoms with E-state index < -0.39 is 29.9 Å². The number of halogens is 6. The van der Waals surface area contributed by atoms with E-state index in [9.17, 15) is 26.3 Å². The summed E-state index contributed by atoms with van der Waals surface area (Å²) in [6.45, 7) is 1.20. The standard InChI is InChI=1S/C13H16F6N4/c1-3-10(13(17,18)19)23-11(21-2)22-9-5-4-7(6-8(9)20)12(14,15)16/h3-6,11,21-23H,20H2,1-2H3/b10-3-. The molecule has 1 aromatic carbocycles. The van der Waals surface area contributed by atoms with Crippen LogP contribution in [0.2, 0.25) is 0 Å². The van der Waals surface area contributed by atoms with E-state index in [1.807, 2.05) is 0 Å². The molecule has 0 spiro atoms. The van der Waals surface area contributed by atoms with E-state index in [1.165, 1.54) is 14.0 Å². The molecule has 23 heavy (non-hydrogen) atoms. The maximum atomic E-state index is 12.7. The number of nitrogens with one attached hydrogen (secondary N) is 3. The van der Waals surface area contributed by atoms with Crippen molar-refractivity contribution in [1.29, 1.82) is 0 Å². The normalized spacial score (nSPS) is 14.5. The van der Waals surface area contributed by atoms with Crippen LogP contribution in [0.4, 0.5) is 37.7 Å². The van der Waals surface area contributed by atoms with Crippen LogP contribution in [0.1, 0.15) is 12.5 Å². The van der Waals surface area contributed by atoms with Crippen molar-refractivity contribution in [2.45, 2.75) is 25.6 Å². The van der Waals surface area contributed by atoms with Crippen LogP contribution >= 0.6 is 0 Å². The molecule has 1 rings (SSSR count). The predicted octanol–water partition coefficient (Wildman–Crippen LogP) is 3.26. The Morgan fingerprint density at radius 2 is 1.78 bits per heavy atom. The minimum atomic E-state index is -4.59. The molecule has 0 bridgehead atoms. The van der Waals surface area contributed by atoms with Gasteiger partial charge < -0.3 is 16.4 Å². The molecule has 1 aromatic rings. The Labute approximate surface area is 128 Å². The van der Waals surface area contributed by atoms with Crippen molar-refractivity contribution in [3.8, 4) is 0 Å². The lowest BCUT2D eigenvalue weighted by atomic mass is 10.1. The number of hydrogen-bond acceptors (Lipinski definition) is 4. The van der Waals surface area contributed by atoms with Gasteiger partial charge in [0.25, 0.3) is 0 Å². The highest BCUT2D eigenvalue weighted by atomic mass is 19.4. The van der Waals surface area contributed by atoms with Crippen molar-refractivity contribution in [3.05, 3.63) is 35.5 Å². The molecule has 4 nitrogen and oxygen atoms in total. The maximum Gasteiger partial charge on any atom is 0.430 e. The van der Waals surface area contributed by atoms with E-state index in [-0.39, 0.29) is 11.4 Å². The van der Waals surface area contributed by atoms with Gasteiger partial charge in [-0.25, -0.2) is 0 Å². The summed E-state index contributed by atoms with van der Waals surface area (Å²) in [5.41, 5.74) is 3.38. The van der Waals surface area contributed by atoms with Crippen LogP contribution < -0.4 is 21.7 Å². The summed E-state index contributed by atoms with van der Waals surface area (Å²) >= 11 is 0. The predicted molar refractivity (Wildman–Crippen MR) is 75.3 cm³/mol. The summed E-state index contributed by atoms with van der Waals surface area (Å²) in [5.74, 6) is 0. The van der Waals surface area contributed by atoms with E-state index in [4.69, 9.17) is 5.73 Å². The van der Waals surface area contributed by atoms with Gasteiger partial charge in [-0.15, -0.1) is 0 Å². The average Bonchev–Trinajstić information content (AvgIpc) is 2.42. The third-order valence-corrected chi connectivity index (χ3v) is 2.86. The SMILES string of the molecule is C/C=C(\NC(NC)Nc1ccc(C(F)(F)F)cc1N)C(F)(F)F. The highest BCUT2D eigenvalue weighted by Crippen LogP contribution is 2.33. The summed E-state index contributed by atoms with van der Waals surface area (Å²) in [6.07, 6.45) is -9.40. The first kappa shape index (κ1) is 18.9. The molecule has 0 radical (unpaired) electrons. The number of nitrogens with two attached hydrogens (primary N) is 1. The largest absolute Gasteiger partial charge is 0.430 e. The fourth-order valence-electron chi connectivity index (χ4n) is 1.69. The van der Waals surface area contributed by atoms with E-state index in [2.05, 4.69) is 16.0 Å². The lowest BCUT2D eigenvalue weighted by Crippen LogP contribution is -2.48. The molecule has 0 saturated carbocycles. The Bertz CT molecular complexity index is 565. The quantitative estimate of drug-likeness (QED) is 0.377. The third-order valence-electron chi connectivity index (χ3n) is 2.86. The summed E-state index contributed by atoms with van der Waals surface area (Å²) < 4.78 is 75.7. The van der Waals surface area contributed by atoms with Crippen LogP contribution in [-0.2, 0) is 6.18 Å². The monoisotopic (exact) mass is 342 g/mol. The lowest BCUT2D eigenvalue weighted by Gasteiger charge is -2.25. The topological polar surface area (TPSA) is 62.1 Å². The summed E-state index contributed by atoms with van der Waals surface area (Å²) in [5, 5.41) is 7.23. The zero-order valence-corrected chi connectivity index (χ0v) is 12.2. The number of alkyl halides is 6. The molecule has 10 heteroatoms. The van der Waals surface area contributed by atoms with E-state index in [0.717, 1.165) is 18.2 Å². The number of anilines is 2. The Balaban J connectivity index is 2.92. The molecule has 0 aliphatic carbocycles. The number of benzene rings is 1. The molecule has 0 fully saturated rings. The van der Waals surface area contributed by atoms with Gasteiger partial charge in [0.2, 0.25) is 0 Å². The van der Waals surface area contributed by atoms with Gasteiger partial charge in [0.15, 0.2) is 6.29 Å². The number of allylic oxidation sites excluding steroid dienone is 2. The second-order valence-electron chi connectivity index (χ2n) is 4.51. The molecular formula is C13H16F6N4. The molecule has 0 aliphatic heterocycles. The van der Waals surface area contributed by atoms with Gasteiger partial charge >= 0.3 is 12.4 Å². The van der Waals surface area contributed by atoms with Gasteiger partial charge in [-0.1, -0.05) is 6.08 Å². The van der Waals surface area contributed by atoms with Crippen molar-refractivity contribution in [2.24, 2.45) is 0 Å². The summed E-state index contributed by atoms with van der Waals surface area (Å²) in [7, 11) is 1.37. The second-order valence-corrected chi connectivity index (χ2v) is 4.51. The lowest BCUT2D eigenvalue weighted by molar-refractivity contribution is -0.137. The molecule has 5 N–H and O–H groups in total. The Morgan fingerprint density at radius 3 is 2.17 bits per heavy atom. The van der Waals surface area contributed by atoms with Crippen LogP contribution in [0.3, 0.4) is 0 Å². The zero-order valence-electron chi connectivity index (χ0n) is 12.2. The summed E-state index contributed by atoms with van der Waals surface area (Å²) in [4.78, 5) is 0. The van der Waals surface area contributed by atoms with Gasteiger partial charge in [-0.05, 0) is 32.2 Å². The highest BCUT2D eigenvalue weighted by molar-refractivity contribution is 5.67. The number of rotatable bonds is 5. The maximum absolute atomic E-state index is 12.7. The number of nitrogen functional groups attached to an aromatic ring is 1. The van der Waals surface area contributed by atoms with Crippen molar-refractivity contribution in [2.75, 3.05) is 18.1 Å². The van der Waals surface area contributed by atoms with Crippen LogP contribution in [0, 0.1) is 0 Å². The molecule has 0 amide bonds. The van der Waals surface area contributed by atoms with Crippen molar-refractivity contribution in [1.82, 2.24) is 10.6 Å². The molecule has 0 saturated heterocycles. The molecule has 130 valence electrons. The minimum Gasteiger partial charge on any atom is -0.397 e. The molecular weight excluding hydrogens is 326 g/mol. The van der Waals surface area contributed by atoms with E-state index in [0.29, 0.717) is 6.07 Å². The zero-order chi connectivity index (χ0) is 17.8. The second kappa shape index (κ2) is 6.99. The first-order chi connectivity index (χ1) is 10.5. The van der Waals surface area contributed by atoms with Crippen LogP contribution in [0.5, 0.6) is 0 Å². The fourth-order valence-corrected chi connectivity index (χ4v) is 1.69. The summed E-state index contributed by atoms with van der Waals surface area (Å²) in [6, 6.07) is 2.54. The first-order valence-corrected chi connectivity index (χ1v) is 6.39. The average molecular weight is 342 g/mol. The van der Waals surface area contributed by atoms with Crippen molar-refractivity contribution in [3.63, 3.8) is 0 Å². The van der Waals surface area contributed by atoms with Gasteiger partial charge in [0, 0.05) is 0 Å². The molecule has 0 aromatic heterocycles. The van der Waals surface area contributed by atoms with Gasteiger partial charge in [-0.2, -0.15) is 26.3 Å². The van der Waals surface area contributed by atoms with Gasteiger partial charge in [0.05, 0.1) is 16.9 Å². The van der Waals surface area contributed by atoms with Gasteiger partial charge in [-0.3, -0.25) is 5.32 Å². The Morgan fingerprint density at radius 1 is 1.17 bits per heavy atom. The molecule has 0 heterocycles. The van der Waals surface area contributed by atoms with Crippen molar-refractivity contribution < 1.29 is 26.3 Å². The van der Waals surface area contributed by atoms with Crippen LogP contribution in [0.15, 0.2) is 30.0 Å². The van der Waals surface area contributed by atoms with Crippen molar-refractivity contribution >= 4 is 11.4 Å².